The van der Waals surface area contributed by atoms with E-state index in [1.807, 2.05) is 12.1 Å². The summed E-state index contributed by atoms with van der Waals surface area (Å²) in [5.41, 5.74) is 1.75. The molecule has 0 bridgehead atoms. The Morgan fingerprint density at radius 1 is 1.00 bits per heavy atom. The number of halogens is 3. The number of nitriles is 1. The molecule has 1 N–H and O–H groups in total. The van der Waals surface area contributed by atoms with Crippen molar-refractivity contribution in [1.29, 1.82) is 5.26 Å². The molecule has 6 nitrogen and oxygen atoms in total. The summed E-state index contributed by atoms with van der Waals surface area (Å²) >= 11 is 0. The van der Waals surface area contributed by atoms with Gasteiger partial charge in [-0.1, -0.05) is 18.2 Å². The predicted octanol–water partition coefficient (Wildman–Crippen LogP) is 5.66. The quantitative estimate of drug-likeness (QED) is 0.514. The minimum Gasteiger partial charge on any atom is -0.322 e. The maximum atomic E-state index is 13.1. The van der Waals surface area contributed by atoms with Gasteiger partial charge in [0.15, 0.2) is 0 Å². The first-order valence-corrected chi connectivity index (χ1v) is 10.9. The molecule has 1 saturated heterocycles. The van der Waals surface area contributed by atoms with E-state index in [2.05, 4.69) is 11.4 Å². The van der Waals surface area contributed by atoms with Crippen molar-refractivity contribution in [3.63, 3.8) is 0 Å². The lowest BCUT2D eigenvalue weighted by Crippen LogP contribution is -2.49. The number of carbonyl (C=O) groups is 2. The average Bonchev–Trinajstić information content (AvgIpc) is 2.85. The normalized spacial score (nSPS) is 13.9. The summed E-state index contributed by atoms with van der Waals surface area (Å²) in [6, 6.07) is 19.7. The van der Waals surface area contributed by atoms with E-state index in [-0.39, 0.29) is 11.6 Å². The molecule has 1 aliphatic rings. The molecule has 3 amide bonds. The van der Waals surface area contributed by atoms with Gasteiger partial charge in [-0.15, -0.1) is 0 Å². The fourth-order valence-electron chi connectivity index (χ4n) is 3.84. The third kappa shape index (κ3) is 5.61. The largest absolute Gasteiger partial charge is 0.416 e. The number of nitrogens with one attached hydrogen (secondary N) is 1. The van der Waals surface area contributed by atoms with Gasteiger partial charge in [-0.25, -0.2) is 4.79 Å². The molecule has 0 unspecified atom stereocenters. The van der Waals surface area contributed by atoms with Gasteiger partial charge in [0.2, 0.25) is 0 Å². The number of amides is 3. The summed E-state index contributed by atoms with van der Waals surface area (Å²) in [5.74, 6) is -0.553. The number of rotatable bonds is 5. The molecule has 9 heteroatoms. The van der Waals surface area contributed by atoms with Crippen LogP contribution in [0.1, 0.15) is 33.5 Å². The molecule has 0 spiro atoms. The Labute approximate surface area is 200 Å². The topological polar surface area (TPSA) is 76.4 Å². The zero-order valence-electron chi connectivity index (χ0n) is 18.5. The van der Waals surface area contributed by atoms with Gasteiger partial charge >= 0.3 is 12.2 Å². The molecule has 35 heavy (non-hydrogen) atoms. The van der Waals surface area contributed by atoms with Crippen LogP contribution in [0.4, 0.5) is 29.3 Å². The van der Waals surface area contributed by atoms with Gasteiger partial charge in [-0.05, 0) is 66.6 Å². The van der Waals surface area contributed by atoms with E-state index in [0.29, 0.717) is 36.6 Å². The number of benzene rings is 3. The Bertz CT molecular complexity index is 1270. The molecule has 0 atom stereocenters. The lowest BCUT2D eigenvalue weighted by atomic mass is 10.1. The van der Waals surface area contributed by atoms with E-state index in [1.165, 1.54) is 0 Å². The lowest BCUT2D eigenvalue weighted by molar-refractivity contribution is -0.137. The van der Waals surface area contributed by atoms with Crippen LogP contribution in [-0.2, 0) is 12.7 Å². The van der Waals surface area contributed by atoms with Gasteiger partial charge in [0, 0.05) is 36.6 Å². The monoisotopic (exact) mass is 478 g/mol. The van der Waals surface area contributed by atoms with E-state index in [0.717, 1.165) is 36.2 Å². The molecule has 0 radical (unpaired) electrons. The lowest BCUT2D eigenvalue weighted by Gasteiger charge is -2.36. The number of carbonyl (C=O) groups excluding carboxylic acids is 2. The SMILES string of the molecule is N#Cc1ccc(CN2CCCN(c3cccc(NC(=O)c4ccc(C(F)(F)F)cc4)c3)C2=O)cc1. The van der Waals surface area contributed by atoms with Gasteiger partial charge in [0.25, 0.3) is 5.91 Å². The van der Waals surface area contributed by atoms with Crippen LogP contribution >= 0.6 is 0 Å². The predicted molar refractivity (Wildman–Crippen MR) is 125 cm³/mol. The Kier molecular flexibility index (Phi) is 6.73. The highest BCUT2D eigenvalue weighted by atomic mass is 19.4. The fraction of sp³-hybridized carbons (Fsp3) is 0.192. The Hall–Kier alpha value is -4.32. The van der Waals surface area contributed by atoms with Crippen molar-refractivity contribution >= 4 is 23.3 Å². The highest BCUT2D eigenvalue weighted by molar-refractivity contribution is 6.04. The molecule has 1 aliphatic heterocycles. The van der Waals surface area contributed by atoms with E-state index in [1.54, 1.807) is 46.2 Å². The van der Waals surface area contributed by atoms with Crippen LogP contribution in [0.3, 0.4) is 0 Å². The van der Waals surface area contributed by atoms with Gasteiger partial charge in [-0.3, -0.25) is 9.69 Å². The van der Waals surface area contributed by atoms with Crippen molar-refractivity contribution in [3.05, 3.63) is 95.1 Å². The first-order chi connectivity index (χ1) is 16.7. The maximum Gasteiger partial charge on any atom is 0.416 e. The van der Waals surface area contributed by atoms with Gasteiger partial charge in [0.1, 0.15) is 0 Å². The first-order valence-electron chi connectivity index (χ1n) is 10.9. The second-order valence-electron chi connectivity index (χ2n) is 8.10. The molecule has 4 rings (SSSR count). The molecule has 1 heterocycles. The number of nitrogens with zero attached hydrogens (tertiary/aromatic N) is 3. The fourth-order valence-corrected chi connectivity index (χ4v) is 3.84. The molecule has 3 aromatic rings. The molecule has 1 fully saturated rings. The van der Waals surface area contributed by atoms with Crippen LogP contribution in [0.25, 0.3) is 0 Å². The Morgan fingerprint density at radius 2 is 1.71 bits per heavy atom. The summed E-state index contributed by atoms with van der Waals surface area (Å²) in [7, 11) is 0. The smallest absolute Gasteiger partial charge is 0.322 e. The summed E-state index contributed by atoms with van der Waals surface area (Å²) in [6.45, 7) is 1.52. The molecule has 0 aromatic heterocycles. The van der Waals surface area contributed by atoms with Crippen molar-refractivity contribution in [3.8, 4) is 6.07 Å². The molecule has 3 aromatic carbocycles. The van der Waals surface area contributed by atoms with Crippen LogP contribution in [-0.4, -0.2) is 29.9 Å². The second-order valence-corrected chi connectivity index (χ2v) is 8.10. The van der Waals surface area contributed by atoms with Crippen molar-refractivity contribution < 1.29 is 22.8 Å². The van der Waals surface area contributed by atoms with Crippen molar-refractivity contribution in [2.24, 2.45) is 0 Å². The highest BCUT2D eigenvalue weighted by Crippen LogP contribution is 2.29. The number of hydrogen-bond donors (Lipinski definition) is 1. The van der Waals surface area contributed by atoms with Gasteiger partial charge in [-0.2, -0.15) is 18.4 Å². The van der Waals surface area contributed by atoms with Crippen LogP contribution in [0.2, 0.25) is 0 Å². The van der Waals surface area contributed by atoms with E-state index < -0.39 is 17.6 Å². The molecular formula is C26H21F3N4O2. The van der Waals surface area contributed by atoms with Crippen LogP contribution in [0.5, 0.6) is 0 Å². The number of urea groups is 1. The summed E-state index contributed by atoms with van der Waals surface area (Å²) in [6.07, 6.45) is -3.72. The van der Waals surface area contributed by atoms with Gasteiger partial charge in [0.05, 0.1) is 17.2 Å². The van der Waals surface area contributed by atoms with Crippen molar-refractivity contribution in [2.45, 2.75) is 19.1 Å². The first kappa shape index (κ1) is 23.8. The van der Waals surface area contributed by atoms with Gasteiger partial charge < -0.3 is 10.2 Å². The minimum atomic E-state index is -4.47. The zero-order valence-corrected chi connectivity index (χ0v) is 18.5. The summed E-state index contributed by atoms with van der Waals surface area (Å²) < 4.78 is 38.3. The van der Waals surface area contributed by atoms with Crippen molar-refractivity contribution in [2.75, 3.05) is 23.3 Å². The molecule has 0 saturated carbocycles. The van der Waals surface area contributed by atoms with E-state index >= 15 is 0 Å². The summed E-state index contributed by atoms with van der Waals surface area (Å²) in [4.78, 5) is 29.0. The van der Waals surface area contributed by atoms with E-state index in [9.17, 15) is 22.8 Å². The third-order valence-corrected chi connectivity index (χ3v) is 5.66. The maximum absolute atomic E-state index is 13.1. The average molecular weight is 478 g/mol. The van der Waals surface area contributed by atoms with E-state index in [4.69, 9.17) is 5.26 Å². The standard InChI is InChI=1S/C26H21F3N4O2/c27-26(28,29)21-11-9-20(10-12-21)24(34)31-22-3-1-4-23(15-22)33-14-2-13-32(25(33)35)17-19-7-5-18(16-30)6-8-19/h1,3-12,15H,2,13-14,17H2,(H,31,34). The third-order valence-electron chi connectivity index (χ3n) is 5.66. The minimum absolute atomic E-state index is 0.0889. The Balaban J connectivity index is 1.45. The molecule has 0 aliphatic carbocycles. The number of hydrogen-bond acceptors (Lipinski definition) is 3. The zero-order chi connectivity index (χ0) is 25.0. The highest BCUT2D eigenvalue weighted by Gasteiger charge is 2.30. The molecular weight excluding hydrogens is 457 g/mol. The number of alkyl halides is 3. The van der Waals surface area contributed by atoms with Crippen LogP contribution in [0.15, 0.2) is 72.8 Å². The Morgan fingerprint density at radius 3 is 2.37 bits per heavy atom. The van der Waals surface area contributed by atoms with Crippen LogP contribution < -0.4 is 10.2 Å². The molecule has 178 valence electrons. The second kappa shape index (κ2) is 9.89. The number of anilines is 2. The summed E-state index contributed by atoms with van der Waals surface area (Å²) in [5, 5.41) is 11.6. The van der Waals surface area contributed by atoms with Crippen molar-refractivity contribution in [1.82, 2.24) is 4.90 Å². The van der Waals surface area contributed by atoms with Crippen LogP contribution in [0, 0.1) is 11.3 Å².